The van der Waals surface area contributed by atoms with Crippen molar-refractivity contribution in [2.24, 2.45) is 5.73 Å². The molecule has 0 heterocycles. The number of alkyl halides is 3. The molecule has 1 amide bonds. The predicted octanol–water partition coefficient (Wildman–Crippen LogP) is 2.26. The number of nitrogens with one attached hydrogen (secondary N) is 1. The van der Waals surface area contributed by atoms with Gasteiger partial charge in [-0.05, 0) is 25.1 Å². The first-order valence-electron chi connectivity index (χ1n) is 4.71. The van der Waals surface area contributed by atoms with Crippen molar-refractivity contribution in [2.75, 3.05) is 5.32 Å². The van der Waals surface area contributed by atoms with Crippen LogP contribution >= 0.6 is 11.6 Å². The Labute approximate surface area is 106 Å². The second-order valence-electron chi connectivity index (χ2n) is 3.82. The van der Waals surface area contributed by atoms with Gasteiger partial charge >= 0.3 is 6.18 Å². The second kappa shape index (κ2) is 4.66. The molecule has 8 heteroatoms. The van der Waals surface area contributed by atoms with E-state index in [0.29, 0.717) is 6.92 Å². The minimum atomic E-state index is -4.88. The summed E-state index contributed by atoms with van der Waals surface area (Å²) in [6.45, 7) is 0.560. The fourth-order valence-corrected chi connectivity index (χ4v) is 1.15. The summed E-state index contributed by atoms with van der Waals surface area (Å²) in [4.78, 5) is 11.4. The zero-order chi connectivity index (χ0) is 14.1. The van der Waals surface area contributed by atoms with Gasteiger partial charge in [-0.15, -0.1) is 0 Å². The maximum atomic E-state index is 12.5. The molecule has 0 spiro atoms. The molecule has 1 rings (SSSR count). The molecule has 0 bridgehead atoms. The largest absolute Gasteiger partial charge is 0.506 e. The van der Waals surface area contributed by atoms with Gasteiger partial charge in [-0.3, -0.25) is 4.79 Å². The highest BCUT2D eigenvalue weighted by atomic mass is 35.5. The maximum absolute atomic E-state index is 12.5. The van der Waals surface area contributed by atoms with Gasteiger partial charge in [0.25, 0.3) is 5.91 Å². The fourth-order valence-electron chi connectivity index (χ4n) is 0.974. The molecule has 1 aromatic carbocycles. The number of nitrogens with two attached hydrogens (primary N) is 1. The Hall–Kier alpha value is -1.47. The molecule has 0 fully saturated rings. The van der Waals surface area contributed by atoms with Gasteiger partial charge in [0.15, 0.2) is 5.54 Å². The lowest BCUT2D eigenvalue weighted by molar-refractivity contribution is -0.184. The number of phenols is 1. The molecule has 0 aliphatic heterocycles. The Balaban J connectivity index is 2.91. The van der Waals surface area contributed by atoms with E-state index in [4.69, 9.17) is 22.4 Å². The smallest absolute Gasteiger partial charge is 0.415 e. The number of carbonyl (C=O) groups is 1. The molecule has 1 aromatic rings. The Morgan fingerprint density at radius 1 is 1.44 bits per heavy atom. The van der Waals surface area contributed by atoms with E-state index in [2.05, 4.69) is 0 Å². The summed E-state index contributed by atoms with van der Waals surface area (Å²) in [5.41, 5.74) is 1.92. The molecule has 100 valence electrons. The van der Waals surface area contributed by atoms with Crippen molar-refractivity contribution in [1.29, 1.82) is 0 Å². The van der Waals surface area contributed by atoms with Crippen molar-refractivity contribution >= 4 is 23.2 Å². The first-order valence-corrected chi connectivity index (χ1v) is 5.09. The van der Waals surface area contributed by atoms with Crippen LogP contribution in [0, 0.1) is 0 Å². The standard InChI is InChI=1S/C10H10ClF3N2O2/c1-9(15,10(12,13)14)8(18)16-5-2-3-7(17)6(11)4-5/h2-4,17H,15H2,1H3,(H,16,18). The lowest BCUT2D eigenvalue weighted by Crippen LogP contribution is -2.59. The zero-order valence-corrected chi connectivity index (χ0v) is 9.93. The van der Waals surface area contributed by atoms with Crippen LogP contribution in [0.2, 0.25) is 5.02 Å². The van der Waals surface area contributed by atoms with Crippen molar-refractivity contribution in [1.82, 2.24) is 0 Å². The fraction of sp³-hybridized carbons (Fsp3) is 0.300. The molecule has 0 radical (unpaired) electrons. The van der Waals surface area contributed by atoms with Gasteiger partial charge < -0.3 is 16.2 Å². The van der Waals surface area contributed by atoms with E-state index in [1.807, 2.05) is 5.32 Å². The summed E-state index contributed by atoms with van der Waals surface area (Å²) in [5, 5.41) is 11.0. The van der Waals surface area contributed by atoms with Crippen LogP contribution in [0.1, 0.15) is 6.92 Å². The molecular formula is C10H10ClF3N2O2. The highest BCUT2D eigenvalue weighted by Crippen LogP contribution is 2.30. The third kappa shape index (κ3) is 2.85. The third-order valence-electron chi connectivity index (χ3n) is 2.27. The van der Waals surface area contributed by atoms with Gasteiger partial charge in [-0.1, -0.05) is 11.6 Å². The average Bonchev–Trinajstić information content (AvgIpc) is 2.21. The van der Waals surface area contributed by atoms with Crippen molar-refractivity contribution in [3.05, 3.63) is 23.2 Å². The number of hydrogen-bond acceptors (Lipinski definition) is 3. The van der Waals surface area contributed by atoms with Gasteiger partial charge in [0, 0.05) is 5.69 Å². The molecule has 0 saturated heterocycles. The quantitative estimate of drug-likeness (QED) is 0.728. The van der Waals surface area contributed by atoms with Gasteiger partial charge in [-0.25, -0.2) is 0 Å². The van der Waals surface area contributed by atoms with E-state index in [-0.39, 0.29) is 16.5 Å². The van der Waals surface area contributed by atoms with Crippen molar-refractivity contribution in [2.45, 2.75) is 18.6 Å². The van der Waals surface area contributed by atoms with Crippen LogP contribution in [0.5, 0.6) is 5.75 Å². The van der Waals surface area contributed by atoms with Gasteiger partial charge in [0.2, 0.25) is 0 Å². The summed E-state index contributed by atoms with van der Waals surface area (Å²) < 4.78 is 37.4. The van der Waals surface area contributed by atoms with Crippen LogP contribution in [0.3, 0.4) is 0 Å². The first-order chi connectivity index (χ1) is 8.05. The number of amides is 1. The van der Waals surface area contributed by atoms with Crippen LogP contribution in [0.15, 0.2) is 18.2 Å². The number of halogens is 4. The number of rotatable bonds is 2. The maximum Gasteiger partial charge on any atom is 0.415 e. The normalized spacial score (nSPS) is 15.0. The zero-order valence-electron chi connectivity index (χ0n) is 9.18. The SMILES string of the molecule is CC(N)(C(=O)Nc1ccc(O)c(Cl)c1)C(F)(F)F. The molecule has 1 unspecified atom stereocenters. The Kier molecular flexibility index (Phi) is 3.78. The van der Waals surface area contributed by atoms with Crippen LogP contribution in [0.25, 0.3) is 0 Å². The molecule has 0 aromatic heterocycles. The average molecular weight is 283 g/mol. The van der Waals surface area contributed by atoms with Gasteiger partial charge in [0.1, 0.15) is 5.75 Å². The number of hydrogen-bond donors (Lipinski definition) is 3. The Bertz CT molecular complexity index is 475. The number of phenolic OH excluding ortho intramolecular Hbond substituents is 1. The molecule has 0 aliphatic carbocycles. The summed E-state index contributed by atoms with van der Waals surface area (Å²) in [6.07, 6.45) is -4.88. The predicted molar refractivity (Wildman–Crippen MR) is 60.4 cm³/mol. The first kappa shape index (κ1) is 14.6. The van der Waals surface area contributed by atoms with E-state index in [1.54, 1.807) is 0 Å². The summed E-state index contributed by atoms with van der Waals surface area (Å²) in [5.74, 6) is -1.67. The minimum absolute atomic E-state index is 0.00345. The molecule has 1 atom stereocenters. The molecule has 0 aliphatic rings. The Morgan fingerprint density at radius 2 is 2.00 bits per heavy atom. The van der Waals surface area contributed by atoms with Crippen LogP contribution in [0.4, 0.5) is 18.9 Å². The number of benzene rings is 1. The van der Waals surface area contributed by atoms with Crippen LogP contribution in [-0.2, 0) is 4.79 Å². The lowest BCUT2D eigenvalue weighted by Gasteiger charge is -2.26. The van der Waals surface area contributed by atoms with Crippen LogP contribution < -0.4 is 11.1 Å². The third-order valence-corrected chi connectivity index (χ3v) is 2.57. The summed E-state index contributed by atoms with van der Waals surface area (Å²) in [6, 6.07) is 3.45. The molecule has 4 nitrogen and oxygen atoms in total. The van der Waals surface area contributed by atoms with E-state index < -0.39 is 17.6 Å². The van der Waals surface area contributed by atoms with Gasteiger partial charge in [0.05, 0.1) is 5.02 Å². The Morgan fingerprint density at radius 3 is 2.44 bits per heavy atom. The highest BCUT2D eigenvalue weighted by Gasteiger charge is 2.53. The minimum Gasteiger partial charge on any atom is -0.506 e. The lowest BCUT2D eigenvalue weighted by atomic mass is 10.0. The molecule has 18 heavy (non-hydrogen) atoms. The van der Waals surface area contributed by atoms with E-state index in [1.165, 1.54) is 6.07 Å². The number of aromatic hydroxyl groups is 1. The number of carbonyl (C=O) groups excluding carboxylic acids is 1. The monoisotopic (exact) mass is 282 g/mol. The molecule has 0 saturated carbocycles. The topological polar surface area (TPSA) is 75.4 Å². The molecular weight excluding hydrogens is 273 g/mol. The van der Waals surface area contributed by atoms with E-state index >= 15 is 0 Å². The van der Waals surface area contributed by atoms with Gasteiger partial charge in [-0.2, -0.15) is 13.2 Å². The second-order valence-corrected chi connectivity index (χ2v) is 4.23. The van der Waals surface area contributed by atoms with Crippen molar-refractivity contribution in [3.63, 3.8) is 0 Å². The van der Waals surface area contributed by atoms with Crippen LogP contribution in [-0.4, -0.2) is 22.7 Å². The highest BCUT2D eigenvalue weighted by molar-refractivity contribution is 6.32. The van der Waals surface area contributed by atoms with E-state index in [0.717, 1.165) is 12.1 Å². The summed E-state index contributed by atoms with van der Waals surface area (Å²) >= 11 is 5.55. The summed E-state index contributed by atoms with van der Waals surface area (Å²) in [7, 11) is 0. The number of anilines is 1. The van der Waals surface area contributed by atoms with E-state index in [9.17, 15) is 18.0 Å². The van der Waals surface area contributed by atoms with Crippen molar-refractivity contribution in [3.8, 4) is 5.75 Å². The molecule has 4 N–H and O–H groups in total. The van der Waals surface area contributed by atoms with Crippen molar-refractivity contribution < 1.29 is 23.1 Å².